The SMILES string of the molecule is CC/C=C\C/C=C\C/C=C\C/C=C\C/C=C\C/C=C\CCCCC(=O)OC(CCCCCCCCC)CCCC(=O)O. The van der Waals surface area contributed by atoms with Gasteiger partial charge in [0, 0.05) is 12.8 Å². The third-order valence-electron chi connectivity index (χ3n) is 6.94. The van der Waals surface area contributed by atoms with E-state index < -0.39 is 5.97 Å². The number of esters is 1. The van der Waals surface area contributed by atoms with Gasteiger partial charge in [-0.15, -0.1) is 0 Å². The van der Waals surface area contributed by atoms with Crippen molar-refractivity contribution in [3.8, 4) is 0 Å². The molecule has 4 heteroatoms. The molecule has 0 heterocycles. The van der Waals surface area contributed by atoms with Crippen molar-refractivity contribution in [2.24, 2.45) is 0 Å². The smallest absolute Gasteiger partial charge is 0.306 e. The quantitative estimate of drug-likeness (QED) is 0.0541. The van der Waals surface area contributed by atoms with Crippen molar-refractivity contribution in [1.82, 2.24) is 0 Å². The van der Waals surface area contributed by atoms with Crippen LogP contribution in [0.25, 0.3) is 0 Å². The van der Waals surface area contributed by atoms with Crippen LogP contribution in [0.1, 0.15) is 149 Å². The Kier molecular flexibility index (Phi) is 30.8. The van der Waals surface area contributed by atoms with Gasteiger partial charge in [-0.05, 0) is 83.5 Å². The molecule has 0 radical (unpaired) electrons. The minimum Gasteiger partial charge on any atom is -0.481 e. The van der Waals surface area contributed by atoms with Crippen LogP contribution in [0.15, 0.2) is 72.9 Å². The van der Waals surface area contributed by atoms with E-state index in [4.69, 9.17) is 9.84 Å². The summed E-state index contributed by atoms with van der Waals surface area (Å²) < 4.78 is 5.75. The molecule has 1 N–H and O–H groups in total. The first kappa shape index (κ1) is 39.4. The summed E-state index contributed by atoms with van der Waals surface area (Å²) in [6.45, 7) is 4.38. The minimum absolute atomic E-state index is 0.136. The fourth-order valence-electron chi connectivity index (χ4n) is 4.49. The Morgan fingerprint density at radius 1 is 0.548 bits per heavy atom. The molecular formula is C38H62O4. The lowest BCUT2D eigenvalue weighted by atomic mass is 10.0. The van der Waals surface area contributed by atoms with Gasteiger partial charge in [-0.25, -0.2) is 0 Å². The number of carboxylic acid groups (broad SMARTS) is 1. The Bertz CT molecular complexity index is 800. The number of hydrogen-bond acceptors (Lipinski definition) is 3. The number of carboxylic acids is 1. The van der Waals surface area contributed by atoms with Gasteiger partial charge in [0.25, 0.3) is 0 Å². The Labute approximate surface area is 258 Å². The van der Waals surface area contributed by atoms with Crippen LogP contribution in [-0.4, -0.2) is 23.1 Å². The van der Waals surface area contributed by atoms with E-state index in [1.54, 1.807) is 0 Å². The molecule has 4 nitrogen and oxygen atoms in total. The molecule has 0 aromatic heterocycles. The van der Waals surface area contributed by atoms with Crippen LogP contribution >= 0.6 is 0 Å². The van der Waals surface area contributed by atoms with Gasteiger partial charge in [-0.3, -0.25) is 9.59 Å². The summed E-state index contributed by atoms with van der Waals surface area (Å²) in [5, 5.41) is 8.94. The van der Waals surface area contributed by atoms with Gasteiger partial charge >= 0.3 is 11.9 Å². The molecule has 1 unspecified atom stereocenters. The van der Waals surface area contributed by atoms with Crippen molar-refractivity contribution < 1.29 is 19.4 Å². The predicted octanol–water partition coefficient (Wildman–Crippen LogP) is 11.6. The molecule has 0 spiro atoms. The molecule has 0 aliphatic carbocycles. The number of carbonyl (C=O) groups excluding carboxylic acids is 1. The van der Waals surface area contributed by atoms with Gasteiger partial charge in [0.1, 0.15) is 6.10 Å². The van der Waals surface area contributed by atoms with Crippen LogP contribution in [0, 0.1) is 0 Å². The summed E-state index contributed by atoms with van der Waals surface area (Å²) in [6.07, 6.45) is 46.3. The first-order valence-corrected chi connectivity index (χ1v) is 16.9. The number of ether oxygens (including phenoxy) is 1. The van der Waals surface area contributed by atoms with Crippen LogP contribution in [0.3, 0.4) is 0 Å². The number of allylic oxidation sites excluding steroid dienone is 12. The van der Waals surface area contributed by atoms with Crippen LogP contribution in [0.2, 0.25) is 0 Å². The van der Waals surface area contributed by atoms with E-state index >= 15 is 0 Å². The Hall–Kier alpha value is -2.62. The van der Waals surface area contributed by atoms with Gasteiger partial charge in [-0.2, -0.15) is 0 Å². The zero-order valence-corrected chi connectivity index (χ0v) is 27.0. The molecule has 0 aliphatic heterocycles. The summed E-state index contributed by atoms with van der Waals surface area (Å²) in [5.74, 6) is -0.925. The lowest BCUT2D eigenvalue weighted by Crippen LogP contribution is -2.18. The minimum atomic E-state index is -0.787. The maximum Gasteiger partial charge on any atom is 0.306 e. The Morgan fingerprint density at radius 3 is 1.55 bits per heavy atom. The van der Waals surface area contributed by atoms with Crippen molar-refractivity contribution in [3.05, 3.63) is 72.9 Å². The molecular weight excluding hydrogens is 520 g/mol. The second-order valence-corrected chi connectivity index (χ2v) is 11.0. The molecule has 0 saturated heterocycles. The molecule has 1 atom stereocenters. The molecule has 0 rings (SSSR count). The molecule has 0 aromatic carbocycles. The predicted molar refractivity (Wildman–Crippen MR) is 181 cm³/mol. The van der Waals surface area contributed by atoms with Crippen molar-refractivity contribution >= 4 is 11.9 Å². The molecule has 0 bridgehead atoms. The van der Waals surface area contributed by atoms with Crippen molar-refractivity contribution in [3.63, 3.8) is 0 Å². The van der Waals surface area contributed by atoms with Crippen LogP contribution in [0.5, 0.6) is 0 Å². The number of aliphatic carboxylic acids is 1. The highest BCUT2D eigenvalue weighted by molar-refractivity contribution is 5.69. The molecule has 0 aromatic rings. The van der Waals surface area contributed by atoms with Crippen molar-refractivity contribution in [2.45, 2.75) is 155 Å². The normalized spacial score (nSPS) is 13.2. The first-order chi connectivity index (χ1) is 20.6. The third-order valence-corrected chi connectivity index (χ3v) is 6.94. The van der Waals surface area contributed by atoms with Crippen molar-refractivity contribution in [2.75, 3.05) is 0 Å². The molecule has 0 saturated carbocycles. The number of carbonyl (C=O) groups is 2. The van der Waals surface area contributed by atoms with Gasteiger partial charge in [0.2, 0.25) is 0 Å². The lowest BCUT2D eigenvalue weighted by Gasteiger charge is -2.18. The van der Waals surface area contributed by atoms with E-state index in [0.717, 1.165) is 77.0 Å². The topological polar surface area (TPSA) is 63.6 Å². The first-order valence-electron chi connectivity index (χ1n) is 16.9. The number of hydrogen-bond donors (Lipinski definition) is 1. The van der Waals surface area contributed by atoms with E-state index in [1.807, 2.05) is 0 Å². The zero-order chi connectivity index (χ0) is 30.8. The monoisotopic (exact) mass is 582 g/mol. The zero-order valence-electron chi connectivity index (χ0n) is 27.0. The maximum atomic E-state index is 12.4. The van der Waals surface area contributed by atoms with E-state index in [0.29, 0.717) is 19.3 Å². The second-order valence-electron chi connectivity index (χ2n) is 11.0. The average Bonchev–Trinajstić information content (AvgIpc) is 2.97. The van der Waals surface area contributed by atoms with Crippen molar-refractivity contribution in [1.29, 1.82) is 0 Å². The maximum absolute atomic E-state index is 12.4. The van der Waals surface area contributed by atoms with E-state index in [-0.39, 0.29) is 18.5 Å². The second kappa shape index (κ2) is 32.9. The molecule has 42 heavy (non-hydrogen) atoms. The summed E-state index contributed by atoms with van der Waals surface area (Å²) in [5.41, 5.74) is 0. The van der Waals surface area contributed by atoms with Crippen LogP contribution in [0.4, 0.5) is 0 Å². The largest absolute Gasteiger partial charge is 0.481 e. The molecule has 238 valence electrons. The van der Waals surface area contributed by atoms with E-state index in [9.17, 15) is 9.59 Å². The lowest BCUT2D eigenvalue weighted by molar-refractivity contribution is -0.150. The Balaban J connectivity index is 3.92. The number of unbranched alkanes of at least 4 members (excludes halogenated alkanes) is 8. The van der Waals surface area contributed by atoms with Gasteiger partial charge in [0.05, 0.1) is 0 Å². The molecule has 0 aliphatic rings. The van der Waals surface area contributed by atoms with Gasteiger partial charge in [0.15, 0.2) is 0 Å². The Morgan fingerprint density at radius 2 is 1.02 bits per heavy atom. The van der Waals surface area contributed by atoms with E-state index in [2.05, 4.69) is 86.8 Å². The summed E-state index contributed by atoms with van der Waals surface area (Å²) in [4.78, 5) is 23.3. The highest BCUT2D eigenvalue weighted by Crippen LogP contribution is 2.17. The van der Waals surface area contributed by atoms with Gasteiger partial charge < -0.3 is 9.84 Å². The summed E-state index contributed by atoms with van der Waals surface area (Å²) in [7, 11) is 0. The average molecular weight is 583 g/mol. The summed E-state index contributed by atoms with van der Waals surface area (Å²) in [6, 6.07) is 0. The third kappa shape index (κ3) is 31.9. The van der Waals surface area contributed by atoms with Crippen LogP contribution in [-0.2, 0) is 14.3 Å². The summed E-state index contributed by atoms with van der Waals surface area (Å²) >= 11 is 0. The fourth-order valence-corrected chi connectivity index (χ4v) is 4.49. The molecule has 0 fully saturated rings. The molecule has 0 amide bonds. The highest BCUT2D eigenvalue weighted by atomic mass is 16.5. The standard InChI is InChI=1S/C38H62O4/c1-3-5-7-9-11-12-13-14-15-16-17-18-19-20-21-22-23-24-26-28-30-35-38(41)42-36(33-31-34-37(39)40)32-29-27-25-10-8-6-4-2/h5,7,11-12,14-15,17-18,20-21,23-24,36H,3-4,6,8-10,13,16,19,22,25-35H2,1-2H3,(H,39,40)/b7-5-,12-11-,15-14-,18-17-,21-20-,24-23-. The highest BCUT2D eigenvalue weighted by Gasteiger charge is 2.15. The fraction of sp³-hybridized carbons (Fsp3) is 0.632. The van der Waals surface area contributed by atoms with Gasteiger partial charge in [-0.1, -0.05) is 125 Å². The van der Waals surface area contributed by atoms with E-state index in [1.165, 1.54) is 32.1 Å². The number of rotatable bonds is 29. The van der Waals surface area contributed by atoms with Crippen LogP contribution < -0.4 is 0 Å².